The number of aromatic nitrogens is 1. The minimum absolute atomic E-state index is 0.0330. The van der Waals surface area contributed by atoms with E-state index in [1.165, 1.54) is 115 Å². The van der Waals surface area contributed by atoms with E-state index in [1.807, 2.05) is 0 Å². The van der Waals surface area contributed by atoms with Crippen molar-refractivity contribution >= 4 is 38.9 Å². The summed E-state index contributed by atoms with van der Waals surface area (Å²) in [5, 5.41) is 2.67. The van der Waals surface area contributed by atoms with Crippen molar-refractivity contribution in [2.75, 3.05) is 4.90 Å². The second kappa shape index (κ2) is 10.1. The minimum Gasteiger partial charge on any atom is -0.310 e. The molecule has 7 aromatic carbocycles. The largest absolute Gasteiger partial charge is 0.310 e. The van der Waals surface area contributed by atoms with Crippen LogP contribution in [0.25, 0.3) is 60.9 Å². The predicted octanol–water partition coefficient (Wildman–Crippen LogP) is 12.7. The summed E-state index contributed by atoms with van der Waals surface area (Å²) in [7, 11) is 0. The molecular weight excluding hydrogens is 593 g/mol. The Kier molecular flexibility index (Phi) is 5.58. The fraction of sp³-hybridized carbons (Fsp3) is 0.106. The average molecular weight is 627 g/mol. The van der Waals surface area contributed by atoms with Crippen LogP contribution in [0, 0.1) is 0 Å². The highest BCUT2D eigenvalue weighted by atomic mass is 15.1. The van der Waals surface area contributed by atoms with Crippen LogP contribution in [0.1, 0.15) is 36.8 Å². The Hall–Kier alpha value is -5.86. The van der Waals surface area contributed by atoms with Gasteiger partial charge in [-0.3, -0.25) is 0 Å². The third-order valence-electron chi connectivity index (χ3n) is 11.6. The molecular formula is C47H34N2. The maximum atomic E-state index is 2.58. The first-order valence-electron chi connectivity index (χ1n) is 17.7. The molecule has 0 N–H and O–H groups in total. The third kappa shape index (κ3) is 3.61. The summed E-state index contributed by atoms with van der Waals surface area (Å²) in [6.07, 6.45) is 4.84. The van der Waals surface area contributed by atoms with Crippen LogP contribution in [-0.2, 0) is 5.41 Å². The van der Waals surface area contributed by atoms with Crippen LogP contribution in [0.4, 0.5) is 17.1 Å². The van der Waals surface area contributed by atoms with Crippen molar-refractivity contribution in [1.29, 1.82) is 0 Å². The summed E-state index contributed by atoms with van der Waals surface area (Å²) in [5.74, 6) is 0. The molecule has 2 heterocycles. The van der Waals surface area contributed by atoms with Crippen molar-refractivity contribution in [3.63, 3.8) is 0 Å². The Bertz CT molecular complexity index is 2590. The van der Waals surface area contributed by atoms with Gasteiger partial charge in [-0.25, -0.2) is 0 Å². The van der Waals surface area contributed by atoms with Gasteiger partial charge in [0.25, 0.3) is 0 Å². The van der Waals surface area contributed by atoms with Crippen molar-refractivity contribution < 1.29 is 0 Å². The maximum absolute atomic E-state index is 2.58. The number of para-hydroxylation sites is 3. The van der Waals surface area contributed by atoms with E-state index in [2.05, 4.69) is 167 Å². The Morgan fingerprint density at radius 3 is 1.98 bits per heavy atom. The molecule has 2 aliphatic carbocycles. The maximum Gasteiger partial charge on any atom is 0.0623 e. The molecule has 1 fully saturated rings. The van der Waals surface area contributed by atoms with Gasteiger partial charge in [0.2, 0.25) is 0 Å². The molecule has 11 rings (SSSR count). The van der Waals surface area contributed by atoms with Gasteiger partial charge in [-0.1, -0.05) is 128 Å². The van der Waals surface area contributed by atoms with Gasteiger partial charge in [0.05, 0.1) is 22.4 Å². The highest BCUT2D eigenvalue weighted by Crippen LogP contribution is 2.65. The lowest BCUT2D eigenvalue weighted by molar-refractivity contribution is 0.551. The van der Waals surface area contributed by atoms with Gasteiger partial charge in [0.1, 0.15) is 0 Å². The highest BCUT2D eigenvalue weighted by molar-refractivity contribution is 6.19. The first kappa shape index (κ1) is 27.1. The summed E-state index contributed by atoms with van der Waals surface area (Å²) in [6, 6.07) is 58.7. The first-order valence-corrected chi connectivity index (χ1v) is 17.7. The number of hydrogen-bond acceptors (Lipinski definition) is 1. The van der Waals surface area contributed by atoms with Gasteiger partial charge >= 0.3 is 0 Å². The fourth-order valence-electron chi connectivity index (χ4n) is 9.67. The molecule has 2 heteroatoms. The molecule has 0 atom stereocenters. The number of rotatable bonds is 4. The lowest BCUT2D eigenvalue weighted by Gasteiger charge is -2.34. The van der Waals surface area contributed by atoms with Crippen LogP contribution in [0.2, 0.25) is 0 Å². The van der Waals surface area contributed by atoms with Crippen molar-refractivity contribution in [3.05, 3.63) is 169 Å². The van der Waals surface area contributed by atoms with Gasteiger partial charge in [-0.2, -0.15) is 0 Å². The molecule has 2 nitrogen and oxygen atoms in total. The number of hydrogen-bond donors (Lipinski definition) is 0. The summed E-state index contributed by atoms with van der Waals surface area (Å²) < 4.78 is 2.58. The molecule has 49 heavy (non-hydrogen) atoms. The summed E-state index contributed by atoms with van der Waals surface area (Å²) >= 11 is 0. The molecule has 3 aliphatic rings. The molecule has 8 aromatic rings. The second-order valence-electron chi connectivity index (χ2n) is 14.0. The predicted molar refractivity (Wildman–Crippen MR) is 205 cm³/mol. The van der Waals surface area contributed by atoms with Crippen molar-refractivity contribution in [1.82, 2.24) is 4.57 Å². The zero-order valence-electron chi connectivity index (χ0n) is 27.2. The van der Waals surface area contributed by atoms with Crippen LogP contribution >= 0.6 is 0 Å². The van der Waals surface area contributed by atoms with Gasteiger partial charge in [0, 0.05) is 38.7 Å². The van der Waals surface area contributed by atoms with E-state index < -0.39 is 0 Å². The van der Waals surface area contributed by atoms with E-state index in [9.17, 15) is 0 Å². The first-order chi connectivity index (χ1) is 24.3. The van der Waals surface area contributed by atoms with Gasteiger partial charge in [-0.05, 0) is 88.7 Å². The highest BCUT2D eigenvalue weighted by Gasteiger charge is 2.50. The number of fused-ring (bicyclic) bond motifs is 8. The van der Waals surface area contributed by atoms with Crippen molar-refractivity contribution in [3.8, 4) is 39.1 Å². The molecule has 0 bridgehead atoms. The smallest absolute Gasteiger partial charge is 0.0623 e. The quantitative estimate of drug-likeness (QED) is 0.189. The van der Waals surface area contributed by atoms with Crippen molar-refractivity contribution in [2.45, 2.75) is 31.1 Å². The molecule has 1 spiro atoms. The molecule has 1 aromatic heterocycles. The van der Waals surface area contributed by atoms with Crippen LogP contribution in [0.5, 0.6) is 0 Å². The van der Waals surface area contributed by atoms with E-state index in [0.29, 0.717) is 0 Å². The Balaban J connectivity index is 1.25. The zero-order chi connectivity index (χ0) is 32.1. The van der Waals surface area contributed by atoms with E-state index in [0.717, 1.165) is 0 Å². The zero-order valence-corrected chi connectivity index (χ0v) is 27.2. The fourth-order valence-corrected chi connectivity index (χ4v) is 9.67. The molecule has 232 valence electrons. The summed E-state index contributed by atoms with van der Waals surface area (Å²) in [6.45, 7) is 0. The average Bonchev–Trinajstić information content (AvgIpc) is 3.85. The van der Waals surface area contributed by atoms with Gasteiger partial charge in [0.15, 0.2) is 0 Å². The van der Waals surface area contributed by atoms with E-state index >= 15 is 0 Å². The topological polar surface area (TPSA) is 8.17 Å². The molecule has 0 amide bonds. The SMILES string of the molecule is c1ccc(-c2ccc(N(c3ccccc3)c3ccc4c5c3C3(CCCC3)c3ccc6c7ccccc7n(c6c3-5)-c3ccccc3-4)cc2)cc1. The van der Waals surface area contributed by atoms with Crippen LogP contribution < -0.4 is 4.90 Å². The lowest BCUT2D eigenvalue weighted by atomic mass is 9.75. The van der Waals surface area contributed by atoms with Gasteiger partial charge < -0.3 is 9.47 Å². The number of nitrogens with zero attached hydrogens (tertiary/aromatic N) is 2. The molecule has 1 aliphatic heterocycles. The molecule has 0 unspecified atom stereocenters. The second-order valence-corrected chi connectivity index (χ2v) is 14.0. The molecule has 0 radical (unpaired) electrons. The van der Waals surface area contributed by atoms with E-state index in [4.69, 9.17) is 0 Å². The van der Waals surface area contributed by atoms with Crippen LogP contribution in [0.15, 0.2) is 158 Å². The van der Waals surface area contributed by atoms with E-state index in [-0.39, 0.29) is 5.41 Å². The lowest BCUT2D eigenvalue weighted by Crippen LogP contribution is -2.24. The van der Waals surface area contributed by atoms with Crippen molar-refractivity contribution in [2.24, 2.45) is 0 Å². The Morgan fingerprint density at radius 1 is 0.490 bits per heavy atom. The Labute approximate surface area is 286 Å². The van der Waals surface area contributed by atoms with E-state index in [1.54, 1.807) is 0 Å². The minimum atomic E-state index is -0.0330. The molecule has 0 saturated heterocycles. The standard InChI is InChI=1S/C47H34N2/c1-3-13-31(14-4-1)32-21-23-34(24-22-32)48(33-15-5-2-6-16-33)42-28-26-37-35-17-7-9-19-40(35)49-41-20-10-8-18-36(41)38-25-27-39-44(46(38)49)43(37)45(42)47(39)29-11-12-30-47/h1-10,13-28H,11-12,29-30H2. The third-order valence-corrected chi connectivity index (χ3v) is 11.6. The normalized spacial score (nSPS) is 14.8. The monoisotopic (exact) mass is 626 g/mol. The molecule has 1 saturated carbocycles. The number of benzene rings is 7. The summed E-state index contributed by atoms with van der Waals surface area (Å²) in [5.41, 5.74) is 18.6. The van der Waals surface area contributed by atoms with Crippen LogP contribution in [-0.4, -0.2) is 4.57 Å². The van der Waals surface area contributed by atoms with Crippen LogP contribution in [0.3, 0.4) is 0 Å². The number of anilines is 3. The van der Waals surface area contributed by atoms with Gasteiger partial charge in [-0.15, -0.1) is 0 Å². The summed E-state index contributed by atoms with van der Waals surface area (Å²) in [4.78, 5) is 2.53. The Morgan fingerprint density at radius 2 is 1.16 bits per heavy atom.